The minimum absolute atomic E-state index is 0. The molecule has 2 atom stereocenters. The number of rotatable bonds is 7. The van der Waals surface area contributed by atoms with Crippen LogP contribution in [-0.4, -0.2) is 55.0 Å². The lowest BCUT2D eigenvalue weighted by molar-refractivity contribution is 0.00716. The smallest absolute Gasteiger partial charge is 0.407 e. The zero-order valence-corrected chi connectivity index (χ0v) is 19.9. The summed E-state index contributed by atoms with van der Waals surface area (Å²) in [5.41, 5.74) is -0.619. The number of aliphatic imine (C=N–C) groups is 1. The number of amides is 1. The lowest BCUT2D eigenvalue weighted by Gasteiger charge is -2.37. The number of nitrogens with zero attached hydrogens (tertiary/aromatic N) is 1. The molecule has 160 valence electrons. The van der Waals surface area contributed by atoms with E-state index in [0.717, 1.165) is 44.6 Å². The van der Waals surface area contributed by atoms with E-state index < -0.39 is 11.7 Å². The maximum atomic E-state index is 11.6. The van der Waals surface area contributed by atoms with E-state index in [1.54, 1.807) is 0 Å². The van der Waals surface area contributed by atoms with Gasteiger partial charge in [0.25, 0.3) is 0 Å². The van der Waals surface area contributed by atoms with Crippen molar-refractivity contribution in [2.75, 3.05) is 26.2 Å². The van der Waals surface area contributed by atoms with Gasteiger partial charge in [0.2, 0.25) is 0 Å². The van der Waals surface area contributed by atoms with Gasteiger partial charge in [-0.05, 0) is 47.0 Å². The van der Waals surface area contributed by atoms with E-state index in [1.165, 1.54) is 0 Å². The third-order valence-corrected chi connectivity index (χ3v) is 4.54. The van der Waals surface area contributed by atoms with Crippen LogP contribution in [-0.2, 0) is 4.74 Å². The first-order valence-corrected chi connectivity index (χ1v) is 9.83. The maximum Gasteiger partial charge on any atom is 0.407 e. The number of alkyl carbamates (subject to hydrolysis) is 1. The second-order valence-electron chi connectivity index (χ2n) is 8.32. The van der Waals surface area contributed by atoms with Gasteiger partial charge in [0.1, 0.15) is 5.60 Å². The monoisotopic (exact) mass is 498 g/mol. The molecule has 0 spiro atoms. The summed E-state index contributed by atoms with van der Waals surface area (Å²) in [5.74, 6) is 0.753. The average molecular weight is 498 g/mol. The van der Waals surface area contributed by atoms with Crippen LogP contribution in [0, 0.1) is 5.41 Å². The van der Waals surface area contributed by atoms with Crippen molar-refractivity contribution in [1.29, 1.82) is 0 Å². The van der Waals surface area contributed by atoms with Crippen LogP contribution in [0.3, 0.4) is 0 Å². The second-order valence-corrected chi connectivity index (χ2v) is 8.32. The summed E-state index contributed by atoms with van der Waals surface area (Å²) in [6.07, 6.45) is 4.23. The lowest BCUT2D eigenvalue weighted by atomic mass is 9.73. The van der Waals surface area contributed by atoms with E-state index in [4.69, 9.17) is 4.74 Å². The highest BCUT2D eigenvalue weighted by Crippen LogP contribution is 2.36. The number of hydrogen-bond donors (Lipinski definition) is 4. The Morgan fingerprint density at radius 1 is 1.22 bits per heavy atom. The fraction of sp³-hybridized carbons (Fsp3) is 0.895. The van der Waals surface area contributed by atoms with E-state index in [9.17, 15) is 9.90 Å². The minimum Gasteiger partial charge on any atom is -0.444 e. The van der Waals surface area contributed by atoms with E-state index in [-0.39, 0.29) is 35.5 Å². The van der Waals surface area contributed by atoms with Gasteiger partial charge in [-0.25, -0.2) is 4.79 Å². The summed E-state index contributed by atoms with van der Waals surface area (Å²) in [6, 6.07) is 0. The fourth-order valence-corrected chi connectivity index (χ4v) is 2.97. The van der Waals surface area contributed by atoms with Crippen LogP contribution in [0.1, 0.15) is 66.7 Å². The van der Waals surface area contributed by atoms with Crippen molar-refractivity contribution in [2.24, 2.45) is 10.4 Å². The Kier molecular flexibility index (Phi) is 12.3. The number of aliphatic hydroxyl groups is 1. The molecule has 1 aliphatic rings. The molecule has 0 aliphatic heterocycles. The largest absolute Gasteiger partial charge is 0.444 e. The molecule has 0 bridgehead atoms. The Labute approximate surface area is 181 Å². The minimum atomic E-state index is -0.479. The third kappa shape index (κ3) is 11.0. The summed E-state index contributed by atoms with van der Waals surface area (Å²) in [5, 5.41) is 19.5. The molecule has 1 rings (SSSR count). The van der Waals surface area contributed by atoms with Crippen LogP contribution < -0.4 is 16.0 Å². The molecular weight excluding hydrogens is 459 g/mol. The zero-order chi connectivity index (χ0) is 19.6. The molecule has 0 radical (unpaired) electrons. The first-order valence-electron chi connectivity index (χ1n) is 9.83. The molecule has 27 heavy (non-hydrogen) atoms. The van der Waals surface area contributed by atoms with E-state index in [0.29, 0.717) is 19.6 Å². The van der Waals surface area contributed by atoms with Crippen molar-refractivity contribution in [3.63, 3.8) is 0 Å². The summed E-state index contributed by atoms with van der Waals surface area (Å²) in [4.78, 5) is 16.3. The van der Waals surface area contributed by atoms with Gasteiger partial charge in [-0.1, -0.05) is 19.8 Å². The summed E-state index contributed by atoms with van der Waals surface area (Å²) in [6.45, 7) is 12.3. The highest BCUT2D eigenvalue weighted by Gasteiger charge is 2.35. The van der Waals surface area contributed by atoms with Crippen molar-refractivity contribution in [1.82, 2.24) is 16.0 Å². The molecule has 1 aliphatic carbocycles. The number of carbonyl (C=O) groups excluding carboxylic acids is 1. The van der Waals surface area contributed by atoms with Gasteiger partial charge in [0, 0.05) is 25.0 Å². The highest BCUT2D eigenvalue weighted by molar-refractivity contribution is 14.0. The number of guanidine groups is 1. The predicted molar refractivity (Wildman–Crippen MR) is 121 cm³/mol. The molecule has 0 aromatic heterocycles. The van der Waals surface area contributed by atoms with Gasteiger partial charge in [-0.2, -0.15) is 0 Å². The molecule has 7 nitrogen and oxygen atoms in total. The molecule has 0 aromatic rings. The van der Waals surface area contributed by atoms with Gasteiger partial charge in [-0.3, -0.25) is 4.99 Å². The standard InChI is InChI=1S/C19H38N4O3.HI/c1-6-20-16(23-14-19(5)11-8-7-10-15(19)24)21-12-9-13-22-17(25)26-18(2,3)4;/h15,24H,6-14H2,1-5H3,(H,22,25)(H2,20,21,23);1H. The fourth-order valence-electron chi connectivity index (χ4n) is 2.97. The molecule has 2 unspecified atom stereocenters. The van der Waals surface area contributed by atoms with Crippen molar-refractivity contribution < 1.29 is 14.6 Å². The quantitative estimate of drug-likeness (QED) is 0.187. The Morgan fingerprint density at radius 2 is 1.89 bits per heavy atom. The zero-order valence-electron chi connectivity index (χ0n) is 17.6. The van der Waals surface area contributed by atoms with Crippen molar-refractivity contribution in [3.05, 3.63) is 0 Å². The first-order chi connectivity index (χ1) is 12.2. The lowest BCUT2D eigenvalue weighted by Crippen LogP contribution is -2.42. The highest BCUT2D eigenvalue weighted by atomic mass is 127. The van der Waals surface area contributed by atoms with E-state index >= 15 is 0 Å². The van der Waals surface area contributed by atoms with Gasteiger partial charge in [-0.15, -0.1) is 24.0 Å². The Bertz CT molecular complexity index is 468. The van der Waals surface area contributed by atoms with Crippen LogP contribution >= 0.6 is 24.0 Å². The number of aliphatic hydroxyl groups excluding tert-OH is 1. The molecule has 4 N–H and O–H groups in total. The Hall–Kier alpha value is -0.770. The van der Waals surface area contributed by atoms with Crippen LogP contribution in [0.15, 0.2) is 4.99 Å². The molecule has 1 saturated carbocycles. The van der Waals surface area contributed by atoms with Crippen LogP contribution in [0.5, 0.6) is 0 Å². The van der Waals surface area contributed by atoms with Crippen LogP contribution in [0.25, 0.3) is 0 Å². The molecule has 0 heterocycles. The van der Waals surface area contributed by atoms with Crippen LogP contribution in [0.2, 0.25) is 0 Å². The van der Waals surface area contributed by atoms with E-state index in [1.807, 2.05) is 27.7 Å². The SMILES string of the molecule is CCNC(=NCC1(C)CCCCC1O)NCCCNC(=O)OC(C)(C)C.I. The summed E-state index contributed by atoms with van der Waals surface area (Å²) >= 11 is 0. The summed E-state index contributed by atoms with van der Waals surface area (Å²) < 4.78 is 5.20. The topological polar surface area (TPSA) is 95.0 Å². The molecule has 8 heteroatoms. The number of nitrogens with one attached hydrogen (secondary N) is 3. The second kappa shape index (κ2) is 12.6. The van der Waals surface area contributed by atoms with Gasteiger partial charge < -0.3 is 25.8 Å². The molecule has 0 aromatic carbocycles. The van der Waals surface area contributed by atoms with Crippen molar-refractivity contribution in [3.8, 4) is 0 Å². The van der Waals surface area contributed by atoms with Crippen molar-refractivity contribution >= 4 is 36.0 Å². The number of carbonyl (C=O) groups is 1. The number of ether oxygens (including phenoxy) is 1. The first kappa shape index (κ1) is 26.2. The molecule has 0 saturated heterocycles. The van der Waals surface area contributed by atoms with Gasteiger partial charge >= 0.3 is 6.09 Å². The van der Waals surface area contributed by atoms with E-state index in [2.05, 4.69) is 27.9 Å². The molecule has 1 fully saturated rings. The average Bonchev–Trinajstić information content (AvgIpc) is 2.53. The van der Waals surface area contributed by atoms with Crippen molar-refractivity contribution in [2.45, 2.75) is 78.4 Å². The number of hydrogen-bond acceptors (Lipinski definition) is 4. The third-order valence-electron chi connectivity index (χ3n) is 4.54. The maximum absolute atomic E-state index is 11.6. The number of halogens is 1. The van der Waals surface area contributed by atoms with Gasteiger partial charge in [0.15, 0.2) is 5.96 Å². The van der Waals surface area contributed by atoms with Gasteiger partial charge in [0.05, 0.1) is 12.6 Å². The van der Waals surface area contributed by atoms with Crippen LogP contribution in [0.4, 0.5) is 4.79 Å². The Morgan fingerprint density at radius 3 is 2.48 bits per heavy atom. The molecular formula is C19H39IN4O3. The molecule has 1 amide bonds. The normalized spacial score (nSPS) is 23.2. The summed E-state index contributed by atoms with van der Waals surface area (Å²) in [7, 11) is 0. The predicted octanol–water partition coefficient (Wildman–Crippen LogP) is 3.02. The Balaban J connectivity index is 0.00000676.